The lowest BCUT2D eigenvalue weighted by Crippen LogP contribution is -2.46. The monoisotopic (exact) mass is 422 g/mol. The molecule has 0 amide bonds. The van der Waals surface area contributed by atoms with Gasteiger partial charge in [0.15, 0.2) is 0 Å². The molecule has 2 aromatic carbocycles. The van der Waals surface area contributed by atoms with Crippen LogP contribution in [0.5, 0.6) is 11.5 Å². The summed E-state index contributed by atoms with van der Waals surface area (Å²) >= 11 is 0. The van der Waals surface area contributed by atoms with Crippen LogP contribution >= 0.6 is 0 Å². The third-order valence-corrected chi connectivity index (χ3v) is 10.4. The molecule has 0 radical (unpaired) electrons. The number of benzene rings is 2. The molecule has 0 aliphatic heterocycles. The van der Waals surface area contributed by atoms with Crippen LogP contribution in [0.3, 0.4) is 0 Å². The van der Waals surface area contributed by atoms with Gasteiger partial charge in [-0.1, -0.05) is 51.0 Å². The standard InChI is InChI=1S/C27H38O2Si/c1-9-10-13-20-22(28-7)15-16-23(29-8)25(20)26(5,6)27(30)19(4)18(3)24-17(2)12-11-14-21(24)27/h11-12,14-16H,9-10,13H2,1-8,30H3. The predicted molar refractivity (Wildman–Crippen MR) is 132 cm³/mol. The largest absolute Gasteiger partial charge is 0.496 e. The van der Waals surface area contributed by atoms with Crippen LogP contribution in [0, 0.1) is 6.92 Å². The van der Waals surface area contributed by atoms with Crippen LogP contribution in [0.4, 0.5) is 0 Å². The highest BCUT2D eigenvalue weighted by atomic mass is 28.1. The summed E-state index contributed by atoms with van der Waals surface area (Å²) in [5.41, 5.74) is 9.77. The van der Waals surface area contributed by atoms with E-state index in [1.807, 2.05) is 0 Å². The van der Waals surface area contributed by atoms with E-state index >= 15 is 0 Å². The van der Waals surface area contributed by atoms with Gasteiger partial charge in [0.25, 0.3) is 0 Å². The summed E-state index contributed by atoms with van der Waals surface area (Å²) in [4.78, 5) is 0. The van der Waals surface area contributed by atoms with Crippen LogP contribution in [0.2, 0.25) is 0 Å². The second-order valence-corrected chi connectivity index (χ2v) is 10.9. The zero-order valence-corrected chi connectivity index (χ0v) is 22.3. The van der Waals surface area contributed by atoms with Crippen molar-refractivity contribution in [3.05, 3.63) is 63.7 Å². The second kappa shape index (κ2) is 8.26. The summed E-state index contributed by atoms with van der Waals surface area (Å²) in [6.45, 7) is 14.0. The maximum absolute atomic E-state index is 5.97. The van der Waals surface area contributed by atoms with E-state index in [1.165, 1.54) is 39.0 Å². The van der Waals surface area contributed by atoms with Gasteiger partial charge in [-0.3, -0.25) is 0 Å². The predicted octanol–water partition coefficient (Wildman–Crippen LogP) is 5.70. The molecular formula is C27H38O2Si. The molecule has 0 saturated carbocycles. The highest BCUT2D eigenvalue weighted by Gasteiger charge is 2.51. The number of aryl methyl sites for hydroxylation is 1. The van der Waals surface area contributed by atoms with Gasteiger partial charge in [-0.25, -0.2) is 0 Å². The Balaban J connectivity index is 2.35. The van der Waals surface area contributed by atoms with Gasteiger partial charge in [-0.15, -0.1) is 0 Å². The summed E-state index contributed by atoms with van der Waals surface area (Å²) in [7, 11) is 4.60. The molecule has 3 rings (SSSR count). The number of ether oxygens (including phenoxy) is 2. The Bertz CT molecular complexity index is 987. The molecular weight excluding hydrogens is 384 g/mol. The summed E-state index contributed by atoms with van der Waals surface area (Å²) < 4.78 is 11.8. The van der Waals surface area contributed by atoms with Gasteiger partial charge >= 0.3 is 0 Å². The minimum absolute atomic E-state index is 0.000946. The molecule has 0 fully saturated rings. The fourth-order valence-electron chi connectivity index (χ4n) is 5.66. The smallest absolute Gasteiger partial charge is 0.123 e. The first kappa shape index (κ1) is 22.7. The lowest BCUT2D eigenvalue weighted by Gasteiger charge is -2.46. The molecule has 30 heavy (non-hydrogen) atoms. The fourth-order valence-corrected chi connectivity index (χ4v) is 6.70. The summed E-state index contributed by atoms with van der Waals surface area (Å²) in [6.07, 6.45) is 3.31. The SMILES string of the molecule is CCCCc1c(OC)ccc(OC)c1C(C)(C)C1([SiH3])C(C)=C(C)c2c(C)cccc21. The number of fused-ring (bicyclic) bond motifs is 1. The summed E-state index contributed by atoms with van der Waals surface area (Å²) in [5, 5.41) is -0.000946. The highest BCUT2D eigenvalue weighted by Crippen LogP contribution is 2.57. The van der Waals surface area contributed by atoms with E-state index in [0.717, 1.165) is 41.0 Å². The van der Waals surface area contributed by atoms with Crippen molar-refractivity contribution in [2.45, 2.75) is 71.3 Å². The van der Waals surface area contributed by atoms with Gasteiger partial charge in [0.2, 0.25) is 0 Å². The van der Waals surface area contributed by atoms with Gasteiger partial charge in [0.05, 0.1) is 14.2 Å². The zero-order valence-electron chi connectivity index (χ0n) is 20.3. The number of methoxy groups -OCH3 is 2. The van der Waals surface area contributed by atoms with E-state index in [2.05, 4.69) is 71.9 Å². The van der Waals surface area contributed by atoms with Crippen LogP contribution < -0.4 is 9.47 Å². The van der Waals surface area contributed by atoms with E-state index < -0.39 is 0 Å². The van der Waals surface area contributed by atoms with Crippen molar-refractivity contribution in [2.24, 2.45) is 0 Å². The molecule has 0 spiro atoms. The molecule has 0 heterocycles. The molecule has 2 nitrogen and oxygen atoms in total. The van der Waals surface area contributed by atoms with Gasteiger partial charge < -0.3 is 9.47 Å². The van der Waals surface area contributed by atoms with Crippen LogP contribution in [0.15, 0.2) is 35.9 Å². The summed E-state index contributed by atoms with van der Waals surface area (Å²) in [5.74, 6) is 1.96. The minimum atomic E-state index is -0.132. The van der Waals surface area contributed by atoms with Crippen molar-refractivity contribution in [2.75, 3.05) is 14.2 Å². The average molecular weight is 423 g/mol. The van der Waals surface area contributed by atoms with Crippen molar-refractivity contribution in [3.63, 3.8) is 0 Å². The molecule has 0 saturated heterocycles. The second-order valence-electron chi connectivity index (χ2n) is 9.42. The molecule has 0 bridgehead atoms. The van der Waals surface area contributed by atoms with Crippen molar-refractivity contribution in [3.8, 4) is 11.5 Å². The van der Waals surface area contributed by atoms with Gasteiger partial charge in [0, 0.05) is 31.8 Å². The van der Waals surface area contributed by atoms with E-state index in [0.29, 0.717) is 0 Å². The first-order chi connectivity index (χ1) is 14.2. The third kappa shape index (κ3) is 3.13. The third-order valence-electron chi connectivity index (χ3n) is 7.83. The molecule has 162 valence electrons. The number of unbranched alkanes of at least 4 members (excludes halogenated alkanes) is 1. The molecule has 0 aromatic heterocycles. The van der Waals surface area contributed by atoms with Gasteiger partial charge in [-0.2, -0.15) is 0 Å². The molecule has 1 unspecified atom stereocenters. The Labute approximate surface area is 186 Å². The van der Waals surface area contributed by atoms with Crippen molar-refractivity contribution < 1.29 is 9.47 Å². The molecule has 1 aliphatic carbocycles. The molecule has 2 aromatic rings. The highest BCUT2D eigenvalue weighted by molar-refractivity contribution is 6.22. The minimum Gasteiger partial charge on any atom is -0.496 e. The van der Waals surface area contributed by atoms with E-state index in [4.69, 9.17) is 9.47 Å². The molecule has 0 N–H and O–H groups in total. The quantitative estimate of drug-likeness (QED) is 0.533. The number of hydrogen-bond acceptors (Lipinski definition) is 2. The molecule has 3 heteroatoms. The lowest BCUT2D eigenvalue weighted by molar-refractivity contribution is 0.352. The Morgan fingerprint density at radius 1 is 0.967 bits per heavy atom. The maximum Gasteiger partial charge on any atom is 0.123 e. The normalized spacial score (nSPS) is 18.7. The first-order valence-corrected chi connectivity index (χ1v) is 12.2. The topological polar surface area (TPSA) is 18.5 Å². The van der Waals surface area contributed by atoms with E-state index in [1.54, 1.807) is 14.2 Å². The van der Waals surface area contributed by atoms with Crippen molar-refractivity contribution in [1.29, 1.82) is 0 Å². The lowest BCUT2D eigenvalue weighted by atomic mass is 9.65. The van der Waals surface area contributed by atoms with Gasteiger partial charge in [-0.05, 0) is 68.0 Å². The van der Waals surface area contributed by atoms with Gasteiger partial charge in [0.1, 0.15) is 11.5 Å². The molecule has 1 aliphatic rings. The van der Waals surface area contributed by atoms with Crippen LogP contribution in [-0.2, 0) is 16.9 Å². The first-order valence-electron chi connectivity index (χ1n) is 11.2. The molecule has 1 atom stereocenters. The fraction of sp³-hybridized carbons (Fsp3) is 0.481. The Hall–Kier alpha value is -2.00. The summed E-state index contributed by atoms with van der Waals surface area (Å²) in [6, 6.07) is 11.0. The Kier molecular flexibility index (Phi) is 6.24. The van der Waals surface area contributed by atoms with Crippen molar-refractivity contribution in [1.82, 2.24) is 0 Å². The Morgan fingerprint density at radius 2 is 1.60 bits per heavy atom. The van der Waals surface area contributed by atoms with Crippen LogP contribution in [0.25, 0.3) is 5.57 Å². The van der Waals surface area contributed by atoms with E-state index in [9.17, 15) is 0 Å². The van der Waals surface area contributed by atoms with E-state index in [-0.39, 0.29) is 10.5 Å². The number of hydrogen-bond donors (Lipinski definition) is 0. The Morgan fingerprint density at radius 3 is 2.20 bits per heavy atom. The van der Waals surface area contributed by atoms with Crippen molar-refractivity contribution >= 4 is 15.8 Å². The van der Waals surface area contributed by atoms with Crippen LogP contribution in [-0.4, -0.2) is 24.5 Å². The number of rotatable bonds is 7. The number of allylic oxidation sites excluding steroid dienone is 2. The average Bonchev–Trinajstić information content (AvgIpc) is 2.94. The maximum atomic E-state index is 5.97. The van der Waals surface area contributed by atoms with Crippen LogP contribution in [0.1, 0.15) is 75.3 Å². The zero-order chi connectivity index (χ0) is 22.3.